The minimum absolute atomic E-state index is 0.304. The molecule has 0 N–H and O–H groups in total. The van der Waals surface area contributed by atoms with Crippen molar-refractivity contribution in [2.75, 3.05) is 20.0 Å². The van der Waals surface area contributed by atoms with Gasteiger partial charge in [-0.1, -0.05) is 0 Å². The Balaban J connectivity index is 4.69. The highest BCUT2D eigenvalue weighted by atomic mass is 32.2. The van der Waals surface area contributed by atoms with Crippen molar-refractivity contribution >= 4 is 22.1 Å². The fraction of sp³-hybridized carbons (Fsp3) is 0.750. The summed E-state index contributed by atoms with van der Waals surface area (Å²) in [6.07, 6.45) is -2.01. The second kappa shape index (κ2) is 6.44. The van der Waals surface area contributed by atoms with E-state index < -0.39 is 34.6 Å². The quantitative estimate of drug-likeness (QED) is 0.463. The normalized spacial score (nSPS) is 12.9. The lowest BCUT2D eigenvalue weighted by molar-refractivity contribution is -0.155. The van der Waals surface area contributed by atoms with Gasteiger partial charge in [-0.2, -0.15) is 8.42 Å². The lowest BCUT2D eigenvalue weighted by atomic mass is 10.2. The smallest absolute Gasteiger partial charge is 0.337 e. The Labute approximate surface area is 93.8 Å². The van der Waals surface area contributed by atoms with Gasteiger partial charge < -0.3 is 9.47 Å². The molecule has 0 heterocycles. The van der Waals surface area contributed by atoms with E-state index in [0.717, 1.165) is 14.2 Å². The van der Waals surface area contributed by atoms with Crippen molar-refractivity contribution in [1.29, 1.82) is 0 Å². The number of rotatable bonds is 6. The van der Waals surface area contributed by atoms with Gasteiger partial charge in [-0.05, 0) is 6.92 Å². The van der Waals surface area contributed by atoms with Crippen molar-refractivity contribution in [3.8, 4) is 0 Å². The fourth-order valence-corrected chi connectivity index (χ4v) is 1.40. The molecule has 0 spiro atoms. The molecular formula is C8H14O7S. The molecule has 16 heavy (non-hydrogen) atoms. The van der Waals surface area contributed by atoms with Crippen LogP contribution >= 0.6 is 0 Å². The molecule has 8 heteroatoms. The molecule has 0 amide bonds. The maximum absolute atomic E-state index is 11.1. The summed E-state index contributed by atoms with van der Waals surface area (Å²) in [5.74, 6) is -2.01. The van der Waals surface area contributed by atoms with E-state index in [1.807, 2.05) is 0 Å². The van der Waals surface area contributed by atoms with Gasteiger partial charge in [0.1, 0.15) is 0 Å². The summed E-state index contributed by atoms with van der Waals surface area (Å²) in [7, 11) is -1.66. The van der Waals surface area contributed by atoms with Crippen LogP contribution in [0.4, 0.5) is 0 Å². The molecule has 0 aromatic heterocycles. The molecule has 7 nitrogen and oxygen atoms in total. The number of carbonyl (C=O) groups excluding carboxylic acids is 2. The van der Waals surface area contributed by atoms with Gasteiger partial charge in [0.15, 0.2) is 6.10 Å². The Bertz CT molecular complexity index is 345. The van der Waals surface area contributed by atoms with E-state index in [1.165, 1.54) is 6.92 Å². The first-order valence-corrected chi connectivity index (χ1v) is 5.99. The summed E-state index contributed by atoms with van der Waals surface area (Å²) in [5.41, 5.74) is 0. The van der Waals surface area contributed by atoms with E-state index in [9.17, 15) is 18.0 Å². The first-order chi connectivity index (χ1) is 7.36. The molecule has 94 valence electrons. The number of ether oxygens (including phenoxy) is 2. The van der Waals surface area contributed by atoms with Crippen LogP contribution in [0.25, 0.3) is 0 Å². The zero-order valence-electron chi connectivity index (χ0n) is 9.26. The van der Waals surface area contributed by atoms with Crippen LogP contribution < -0.4 is 0 Å². The molecule has 0 saturated carbocycles. The van der Waals surface area contributed by atoms with Gasteiger partial charge in [0, 0.05) is 0 Å². The second-order valence-corrected chi connectivity index (χ2v) is 4.62. The Hall–Kier alpha value is -1.15. The topological polar surface area (TPSA) is 96.0 Å². The van der Waals surface area contributed by atoms with Crippen molar-refractivity contribution in [3.05, 3.63) is 0 Å². The lowest BCUT2D eigenvalue weighted by Gasteiger charge is -2.13. The third kappa shape index (κ3) is 5.08. The maximum atomic E-state index is 11.1. The number of hydrogen-bond acceptors (Lipinski definition) is 7. The predicted molar refractivity (Wildman–Crippen MR) is 53.0 cm³/mol. The SMILES string of the molecule is CCS(=O)(=O)OC(CC(=O)OC)C(=O)OC. The number of methoxy groups -OCH3 is 2. The van der Waals surface area contributed by atoms with Crippen LogP contribution in [0.3, 0.4) is 0 Å². The molecule has 0 bridgehead atoms. The molecule has 1 unspecified atom stereocenters. The number of carbonyl (C=O) groups is 2. The molecule has 0 aliphatic heterocycles. The molecule has 0 aromatic carbocycles. The first kappa shape index (κ1) is 14.8. The Morgan fingerprint density at radius 2 is 1.75 bits per heavy atom. The minimum Gasteiger partial charge on any atom is -0.469 e. The maximum Gasteiger partial charge on any atom is 0.337 e. The molecule has 1 atom stereocenters. The average molecular weight is 254 g/mol. The van der Waals surface area contributed by atoms with Crippen molar-refractivity contribution < 1.29 is 31.7 Å². The van der Waals surface area contributed by atoms with Gasteiger partial charge >= 0.3 is 11.9 Å². The highest BCUT2D eigenvalue weighted by Gasteiger charge is 2.29. The summed E-state index contributed by atoms with van der Waals surface area (Å²) in [6.45, 7) is 1.35. The van der Waals surface area contributed by atoms with Gasteiger partial charge in [0.05, 0.1) is 26.4 Å². The summed E-state index contributed by atoms with van der Waals surface area (Å²) in [6, 6.07) is 0. The molecule has 0 saturated heterocycles. The number of esters is 2. The van der Waals surface area contributed by atoms with E-state index in [-0.39, 0.29) is 5.75 Å². The molecular weight excluding hydrogens is 240 g/mol. The van der Waals surface area contributed by atoms with E-state index in [1.54, 1.807) is 0 Å². The average Bonchev–Trinajstić information content (AvgIpc) is 2.26. The molecule has 0 radical (unpaired) electrons. The number of hydrogen-bond donors (Lipinski definition) is 0. The monoisotopic (exact) mass is 254 g/mol. The summed E-state index contributed by atoms with van der Waals surface area (Å²) in [5, 5.41) is 0. The van der Waals surface area contributed by atoms with Crippen LogP contribution in [-0.2, 0) is 33.4 Å². The second-order valence-electron chi connectivity index (χ2n) is 2.73. The van der Waals surface area contributed by atoms with Crippen LogP contribution in [0.2, 0.25) is 0 Å². The van der Waals surface area contributed by atoms with Crippen LogP contribution in [0.5, 0.6) is 0 Å². The highest BCUT2D eigenvalue weighted by Crippen LogP contribution is 2.07. The third-order valence-corrected chi connectivity index (χ3v) is 2.89. The van der Waals surface area contributed by atoms with E-state index in [4.69, 9.17) is 0 Å². The van der Waals surface area contributed by atoms with E-state index in [2.05, 4.69) is 13.7 Å². The van der Waals surface area contributed by atoms with Gasteiger partial charge in [0.25, 0.3) is 10.1 Å². The summed E-state index contributed by atoms with van der Waals surface area (Å²) < 4.78 is 35.4. The fourth-order valence-electron chi connectivity index (χ4n) is 0.768. The van der Waals surface area contributed by atoms with Crippen molar-refractivity contribution in [1.82, 2.24) is 0 Å². The van der Waals surface area contributed by atoms with Gasteiger partial charge in [-0.3, -0.25) is 8.98 Å². The van der Waals surface area contributed by atoms with Gasteiger partial charge in [-0.15, -0.1) is 0 Å². The van der Waals surface area contributed by atoms with Crippen LogP contribution in [0.1, 0.15) is 13.3 Å². The zero-order chi connectivity index (χ0) is 12.8. The van der Waals surface area contributed by atoms with E-state index in [0.29, 0.717) is 0 Å². The van der Waals surface area contributed by atoms with E-state index >= 15 is 0 Å². The Kier molecular flexibility index (Phi) is 5.97. The van der Waals surface area contributed by atoms with Crippen LogP contribution in [-0.4, -0.2) is 46.4 Å². The molecule has 0 rings (SSSR count). The molecule has 0 aliphatic carbocycles. The lowest BCUT2D eigenvalue weighted by Crippen LogP contribution is -2.31. The van der Waals surface area contributed by atoms with Crippen LogP contribution in [0.15, 0.2) is 0 Å². The van der Waals surface area contributed by atoms with Gasteiger partial charge in [-0.25, -0.2) is 4.79 Å². The summed E-state index contributed by atoms with van der Waals surface area (Å²) in [4.78, 5) is 22.0. The van der Waals surface area contributed by atoms with Crippen molar-refractivity contribution in [2.24, 2.45) is 0 Å². The van der Waals surface area contributed by atoms with Crippen molar-refractivity contribution in [3.63, 3.8) is 0 Å². The zero-order valence-corrected chi connectivity index (χ0v) is 10.1. The van der Waals surface area contributed by atoms with Crippen molar-refractivity contribution in [2.45, 2.75) is 19.4 Å². The first-order valence-electron chi connectivity index (χ1n) is 4.41. The Morgan fingerprint density at radius 1 is 1.19 bits per heavy atom. The van der Waals surface area contributed by atoms with Crippen LogP contribution in [0, 0.1) is 0 Å². The van der Waals surface area contributed by atoms with Gasteiger partial charge in [0.2, 0.25) is 0 Å². The highest BCUT2D eigenvalue weighted by molar-refractivity contribution is 7.86. The standard InChI is InChI=1S/C8H14O7S/c1-4-16(11,12)15-6(8(10)14-3)5-7(9)13-2/h6H,4-5H2,1-3H3. The predicted octanol–water partition coefficient (Wildman–Crippen LogP) is -0.543. The summed E-state index contributed by atoms with van der Waals surface area (Å²) >= 11 is 0. The largest absolute Gasteiger partial charge is 0.469 e. The molecule has 0 fully saturated rings. The third-order valence-electron chi connectivity index (χ3n) is 1.66. The Morgan fingerprint density at radius 3 is 2.12 bits per heavy atom. The molecule has 0 aromatic rings. The minimum atomic E-state index is -3.84. The molecule has 0 aliphatic rings.